The monoisotopic (exact) mass is 369 g/mol. The summed E-state index contributed by atoms with van der Waals surface area (Å²) in [6.45, 7) is 5.08. The Hall–Kier alpha value is -3.16. The molecule has 0 spiro atoms. The minimum absolute atomic E-state index is 0.0930. The van der Waals surface area contributed by atoms with Gasteiger partial charge in [0.15, 0.2) is 0 Å². The van der Waals surface area contributed by atoms with Crippen molar-refractivity contribution in [3.05, 3.63) is 48.3 Å². The summed E-state index contributed by atoms with van der Waals surface area (Å²) >= 11 is 0. The molecule has 1 saturated heterocycles. The van der Waals surface area contributed by atoms with Gasteiger partial charge in [0.2, 0.25) is 5.91 Å². The Balaban J connectivity index is 1.56. The highest BCUT2D eigenvalue weighted by molar-refractivity contribution is 6.22. The topological polar surface area (TPSA) is 96.3 Å². The van der Waals surface area contributed by atoms with Gasteiger partial charge in [0.25, 0.3) is 5.91 Å². The second kappa shape index (κ2) is 8.03. The number of anilines is 1. The Kier molecular flexibility index (Phi) is 5.54. The number of hydrogen-bond donors (Lipinski definition) is 2. The van der Waals surface area contributed by atoms with Crippen molar-refractivity contribution in [2.24, 2.45) is 0 Å². The fraction of sp³-hybridized carbons (Fsp3) is 0.368. The third-order valence-corrected chi connectivity index (χ3v) is 4.45. The summed E-state index contributed by atoms with van der Waals surface area (Å²) in [6, 6.07) is 7.74. The van der Waals surface area contributed by atoms with Crippen molar-refractivity contribution in [1.82, 2.24) is 20.4 Å². The van der Waals surface area contributed by atoms with Crippen LogP contribution in [0.15, 0.2) is 42.7 Å². The van der Waals surface area contributed by atoms with Crippen LogP contribution in [0.25, 0.3) is 0 Å². The van der Waals surface area contributed by atoms with Crippen molar-refractivity contribution in [2.75, 3.05) is 11.4 Å². The normalized spacial score (nSPS) is 16.7. The zero-order chi connectivity index (χ0) is 19.4. The Morgan fingerprint density at radius 1 is 1.26 bits per heavy atom. The SMILES string of the molecule is CC(C)c1ccc(N2C(=O)NC(CC(=O)NCCn3cccn3)C2=O)cc1. The fourth-order valence-corrected chi connectivity index (χ4v) is 2.92. The number of benzene rings is 1. The molecule has 1 aliphatic heterocycles. The molecule has 1 atom stereocenters. The molecule has 2 aromatic rings. The number of nitrogens with one attached hydrogen (secondary N) is 2. The molecule has 4 amide bonds. The van der Waals surface area contributed by atoms with Crippen LogP contribution in [0.4, 0.5) is 10.5 Å². The Morgan fingerprint density at radius 2 is 2.00 bits per heavy atom. The molecule has 2 heterocycles. The Morgan fingerprint density at radius 3 is 2.63 bits per heavy atom. The predicted octanol–water partition coefficient (Wildman–Crippen LogP) is 1.64. The van der Waals surface area contributed by atoms with Gasteiger partial charge in [0.05, 0.1) is 18.7 Å². The molecule has 0 aliphatic carbocycles. The Bertz CT molecular complexity index is 814. The first-order chi connectivity index (χ1) is 13.0. The second-order valence-corrected chi connectivity index (χ2v) is 6.75. The number of carbonyl (C=O) groups excluding carboxylic acids is 3. The number of hydrogen-bond acceptors (Lipinski definition) is 4. The zero-order valence-corrected chi connectivity index (χ0v) is 15.4. The molecule has 0 saturated carbocycles. The van der Waals surface area contributed by atoms with Crippen LogP contribution in [0, 0.1) is 0 Å². The molecule has 3 rings (SSSR count). The van der Waals surface area contributed by atoms with E-state index in [9.17, 15) is 14.4 Å². The van der Waals surface area contributed by atoms with Gasteiger partial charge in [-0.05, 0) is 29.7 Å². The van der Waals surface area contributed by atoms with E-state index in [0.717, 1.165) is 10.5 Å². The number of aromatic nitrogens is 2. The number of urea groups is 1. The van der Waals surface area contributed by atoms with Crippen molar-refractivity contribution < 1.29 is 14.4 Å². The van der Waals surface area contributed by atoms with Crippen LogP contribution >= 0.6 is 0 Å². The number of rotatable bonds is 7. The highest BCUT2D eigenvalue weighted by Crippen LogP contribution is 2.23. The first kappa shape index (κ1) is 18.6. The average Bonchev–Trinajstić information content (AvgIpc) is 3.24. The number of amides is 4. The van der Waals surface area contributed by atoms with Crippen molar-refractivity contribution in [3.63, 3.8) is 0 Å². The van der Waals surface area contributed by atoms with Crippen LogP contribution in [-0.2, 0) is 16.1 Å². The maximum absolute atomic E-state index is 12.6. The summed E-state index contributed by atoms with van der Waals surface area (Å²) in [5.41, 5.74) is 1.63. The van der Waals surface area contributed by atoms with Gasteiger partial charge >= 0.3 is 6.03 Å². The molecule has 8 heteroatoms. The van der Waals surface area contributed by atoms with E-state index in [1.807, 2.05) is 12.1 Å². The molecular weight excluding hydrogens is 346 g/mol. The molecule has 1 unspecified atom stereocenters. The van der Waals surface area contributed by atoms with Crippen LogP contribution in [0.3, 0.4) is 0 Å². The lowest BCUT2D eigenvalue weighted by Crippen LogP contribution is -2.37. The van der Waals surface area contributed by atoms with Gasteiger partial charge in [0, 0.05) is 18.9 Å². The summed E-state index contributed by atoms with van der Waals surface area (Å²) in [5, 5.41) is 9.37. The molecule has 1 aromatic carbocycles. The van der Waals surface area contributed by atoms with E-state index in [0.29, 0.717) is 24.7 Å². The lowest BCUT2D eigenvalue weighted by Gasteiger charge is -2.14. The van der Waals surface area contributed by atoms with E-state index in [1.165, 1.54) is 0 Å². The lowest BCUT2D eigenvalue weighted by atomic mass is 10.0. The molecule has 8 nitrogen and oxygen atoms in total. The summed E-state index contributed by atoms with van der Waals surface area (Å²) in [4.78, 5) is 38.0. The maximum atomic E-state index is 12.6. The lowest BCUT2D eigenvalue weighted by molar-refractivity contribution is -0.125. The molecule has 1 fully saturated rings. The average molecular weight is 369 g/mol. The van der Waals surface area contributed by atoms with E-state index in [-0.39, 0.29) is 12.3 Å². The maximum Gasteiger partial charge on any atom is 0.329 e. The number of carbonyl (C=O) groups is 3. The van der Waals surface area contributed by atoms with Crippen molar-refractivity contribution in [2.45, 2.75) is 38.8 Å². The quantitative estimate of drug-likeness (QED) is 0.725. The summed E-state index contributed by atoms with van der Waals surface area (Å²) in [6.07, 6.45) is 3.37. The first-order valence-corrected chi connectivity index (χ1v) is 8.94. The van der Waals surface area contributed by atoms with E-state index >= 15 is 0 Å². The number of nitrogens with zero attached hydrogens (tertiary/aromatic N) is 3. The molecule has 0 bridgehead atoms. The van der Waals surface area contributed by atoms with Crippen molar-refractivity contribution in [1.29, 1.82) is 0 Å². The third-order valence-electron chi connectivity index (χ3n) is 4.45. The fourth-order valence-electron chi connectivity index (χ4n) is 2.92. The molecular formula is C19H23N5O3. The summed E-state index contributed by atoms with van der Waals surface area (Å²) < 4.78 is 1.70. The van der Waals surface area contributed by atoms with Crippen LogP contribution in [0.5, 0.6) is 0 Å². The highest BCUT2D eigenvalue weighted by atomic mass is 16.2. The third kappa shape index (κ3) is 4.33. The molecule has 2 N–H and O–H groups in total. The van der Waals surface area contributed by atoms with Gasteiger partial charge < -0.3 is 10.6 Å². The summed E-state index contributed by atoms with van der Waals surface area (Å²) in [7, 11) is 0. The van der Waals surface area contributed by atoms with Gasteiger partial charge in [0.1, 0.15) is 6.04 Å². The van der Waals surface area contributed by atoms with Crippen molar-refractivity contribution >= 4 is 23.5 Å². The number of imide groups is 1. The first-order valence-electron chi connectivity index (χ1n) is 8.94. The summed E-state index contributed by atoms with van der Waals surface area (Å²) in [5.74, 6) is -0.349. The smallest absolute Gasteiger partial charge is 0.329 e. The van der Waals surface area contributed by atoms with Crippen LogP contribution in [0.1, 0.15) is 31.7 Å². The predicted molar refractivity (Wildman–Crippen MR) is 100 cm³/mol. The van der Waals surface area contributed by atoms with Gasteiger partial charge in [-0.15, -0.1) is 0 Å². The van der Waals surface area contributed by atoms with Crippen LogP contribution in [0.2, 0.25) is 0 Å². The molecule has 1 aromatic heterocycles. The van der Waals surface area contributed by atoms with Crippen LogP contribution < -0.4 is 15.5 Å². The minimum Gasteiger partial charge on any atom is -0.354 e. The van der Waals surface area contributed by atoms with Gasteiger partial charge in [-0.3, -0.25) is 14.3 Å². The standard InChI is InChI=1S/C19H23N5O3/c1-13(2)14-4-6-15(7-5-14)24-18(26)16(22-19(24)27)12-17(25)20-9-11-23-10-3-8-21-23/h3-8,10,13,16H,9,11-12H2,1-2H3,(H,20,25)(H,22,27). The van der Waals surface area contributed by atoms with Gasteiger partial charge in [-0.2, -0.15) is 5.10 Å². The van der Waals surface area contributed by atoms with Gasteiger partial charge in [-0.25, -0.2) is 9.69 Å². The molecule has 142 valence electrons. The van der Waals surface area contributed by atoms with E-state index < -0.39 is 18.0 Å². The van der Waals surface area contributed by atoms with E-state index in [1.54, 1.807) is 35.3 Å². The van der Waals surface area contributed by atoms with E-state index in [4.69, 9.17) is 0 Å². The van der Waals surface area contributed by atoms with Gasteiger partial charge in [-0.1, -0.05) is 26.0 Å². The van der Waals surface area contributed by atoms with E-state index in [2.05, 4.69) is 29.6 Å². The van der Waals surface area contributed by atoms with Crippen LogP contribution in [-0.4, -0.2) is 40.2 Å². The molecule has 27 heavy (non-hydrogen) atoms. The second-order valence-electron chi connectivity index (χ2n) is 6.75. The highest BCUT2D eigenvalue weighted by Gasteiger charge is 2.39. The zero-order valence-electron chi connectivity index (χ0n) is 15.4. The van der Waals surface area contributed by atoms with Crippen molar-refractivity contribution in [3.8, 4) is 0 Å². The minimum atomic E-state index is -0.855. The Labute approximate surface area is 157 Å². The molecule has 1 aliphatic rings. The largest absolute Gasteiger partial charge is 0.354 e. The molecule has 0 radical (unpaired) electrons.